The highest BCUT2D eigenvalue weighted by atomic mass is 16.5. The Morgan fingerprint density at radius 2 is 1.94 bits per heavy atom. The van der Waals surface area contributed by atoms with E-state index in [4.69, 9.17) is 10.5 Å². The van der Waals surface area contributed by atoms with E-state index in [9.17, 15) is 0 Å². The van der Waals surface area contributed by atoms with Gasteiger partial charge in [0.15, 0.2) is 0 Å². The van der Waals surface area contributed by atoms with Crippen LogP contribution in [0.3, 0.4) is 0 Å². The van der Waals surface area contributed by atoms with Crippen molar-refractivity contribution in [2.24, 2.45) is 5.73 Å². The quantitative estimate of drug-likeness (QED) is 0.801. The Bertz CT molecular complexity index is 420. The summed E-state index contributed by atoms with van der Waals surface area (Å²) in [5.74, 6) is 0.899. The SMILES string of the molecule is NCCCc1ccc(OCc2ccc[nH]2)cc1. The van der Waals surface area contributed by atoms with Gasteiger partial charge < -0.3 is 15.5 Å². The summed E-state index contributed by atoms with van der Waals surface area (Å²) in [6, 6.07) is 12.2. The number of H-pyrrole nitrogens is 1. The maximum atomic E-state index is 5.65. The minimum absolute atomic E-state index is 0.579. The van der Waals surface area contributed by atoms with E-state index < -0.39 is 0 Å². The summed E-state index contributed by atoms with van der Waals surface area (Å²) in [4.78, 5) is 3.11. The lowest BCUT2D eigenvalue weighted by Gasteiger charge is -2.06. The molecule has 0 saturated heterocycles. The summed E-state index contributed by atoms with van der Waals surface area (Å²) in [6.07, 6.45) is 3.96. The van der Waals surface area contributed by atoms with Crippen molar-refractivity contribution in [1.29, 1.82) is 0 Å². The van der Waals surface area contributed by atoms with Gasteiger partial charge in [0.05, 0.1) is 5.69 Å². The van der Waals surface area contributed by atoms with Crippen molar-refractivity contribution in [3.8, 4) is 5.75 Å². The number of hydrogen-bond donors (Lipinski definition) is 2. The molecule has 3 nitrogen and oxygen atoms in total. The van der Waals surface area contributed by atoms with Crippen molar-refractivity contribution in [3.63, 3.8) is 0 Å². The van der Waals surface area contributed by atoms with Crippen molar-refractivity contribution in [2.75, 3.05) is 6.54 Å². The molecular formula is C14H18N2O. The van der Waals surface area contributed by atoms with Crippen LogP contribution in [0.2, 0.25) is 0 Å². The summed E-state index contributed by atoms with van der Waals surface area (Å²) in [5.41, 5.74) is 7.87. The Morgan fingerprint density at radius 3 is 2.59 bits per heavy atom. The van der Waals surface area contributed by atoms with Crippen molar-refractivity contribution >= 4 is 0 Å². The average molecular weight is 230 g/mol. The van der Waals surface area contributed by atoms with Gasteiger partial charge in [-0.15, -0.1) is 0 Å². The largest absolute Gasteiger partial charge is 0.487 e. The van der Waals surface area contributed by atoms with E-state index >= 15 is 0 Å². The van der Waals surface area contributed by atoms with Gasteiger partial charge in [0.2, 0.25) is 0 Å². The normalized spacial score (nSPS) is 10.4. The van der Waals surface area contributed by atoms with Gasteiger partial charge in [-0.05, 0) is 49.2 Å². The smallest absolute Gasteiger partial charge is 0.128 e. The molecular weight excluding hydrogens is 212 g/mol. The zero-order valence-corrected chi connectivity index (χ0v) is 9.86. The fourth-order valence-electron chi connectivity index (χ4n) is 1.68. The predicted octanol–water partition coefficient (Wildman–Crippen LogP) is 2.49. The number of rotatable bonds is 6. The van der Waals surface area contributed by atoms with Crippen molar-refractivity contribution in [1.82, 2.24) is 4.98 Å². The highest BCUT2D eigenvalue weighted by Crippen LogP contribution is 2.14. The maximum Gasteiger partial charge on any atom is 0.128 e. The molecule has 0 amide bonds. The Morgan fingerprint density at radius 1 is 1.12 bits per heavy atom. The van der Waals surface area contributed by atoms with Gasteiger partial charge in [0.1, 0.15) is 12.4 Å². The molecule has 0 unspecified atom stereocenters. The molecule has 17 heavy (non-hydrogen) atoms. The summed E-state index contributed by atoms with van der Waals surface area (Å²) in [7, 11) is 0. The molecule has 0 aliphatic carbocycles. The fourth-order valence-corrected chi connectivity index (χ4v) is 1.68. The van der Waals surface area contributed by atoms with E-state index in [1.165, 1.54) is 5.56 Å². The molecule has 0 saturated carbocycles. The first kappa shape index (κ1) is 11.7. The number of ether oxygens (including phenoxy) is 1. The molecule has 0 spiro atoms. The molecule has 0 bridgehead atoms. The number of nitrogens with two attached hydrogens (primary N) is 1. The zero-order chi connectivity index (χ0) is 11.9. The van der Waals surface area contributed by atoms with Gasteiger partial charge in [0.25, 0.3) is 0 Å². The summed E-state index contributed by atoms with van der Waals surface area (Å²) < 4.78 is 5.65. The highest BCUT2D eigenvalue weighted by Gasteiger charge is 1.97. The molecule has 0 aliphatic heterocycles. The number of aromatic nitrogens is 1. The number of aryl methyl sites for hydroxylation is 1. The van der Waals surface area contributed by atoms with Crippen LogP contribution in [-0.4, -0.2) is 11.5 Å². The van der Waals surface area contributed by atoms with Crippen LogP contribution < -0.4 is 10.5 Å². The first-order valence-corrected chi connectivity index (χ1v) is 5.92. The van der Waals surface area contributed by atoms with Crippen LogP contribution in [-0.2, 0) is 13.0 Å². The van der Waals surface area contributed by atoms with Crippen LogP contribution in [0.4, 0.5) is 0 Å². The molecule has 0 aliphatic rings. The summed E-state index contributed by atoms with van der Waals surface area (Å²) in [5, 5.41) is 0. The molecule has 0 fully saturated rings. The number of aromatic amines is 1. The van der Waals surface area contributed by atoms with Gasteiger partial charge in [-0.2, -0.15) is 0 Å². The molecule has 2 rings (SSSR count). The molecule has 90 valence electrons. The molecule has 1 heterocycles. The lowest BCUT2D eigenvalue weighted by molar-refractivity contribution is 0.302. The van der Waals surface area contributed by atoms with E-state index in [0.717, 1.165) is 30.8 Å². The van der Waals surface area contributed by atoms with E-state index in [-0.39, 0.29) is 0 Å². The zero-order valence-electron chi connectivity index (χ0n) is 9.86. The molecule has 1 aromatic carbocycles. The maximum absolute atomic E-state index is 5.65. The number of hydrogen-bond acceptors (Lipinski definition) is 2. The third-order valence-electron chi connectivity index (χ3n) is 2.65. The van der Waals surface area contributed by atoms with Crippen molar-refractivity contribution in [2.45, 2.75) is 19.4 Å². The molecule has 0 atom stereocenters. The monoisotopic (exact) mass is 230 g/mol. The molecule has 0 radical (unpaired) electrons. The second-order valence-electron chi connectivity index (χ2n) is 4.02. The number of benzene rings is 1. The predicted molar refractivity (Wildman–Crippen MR) is 68.9 cm³/mol. The first-order chi connectivity index (χ1) is 8.38. The van der Waals surface area contributed by atoms with Crippen LogP contribution in [0.5, 0.6) is 5.75 Å². The fraction of sp³-hybridized carbons (Fsp3) is 0.286. The van der Waals surface area contributed by atoms with Crippen LogP contribution in [0.1, 0.15) is 17.7 Å². The van der Waals surface area contributed by atoms with E-state index in [1.54, 1.807) is 0 Å². The van der Waals surface area contributed by atoms with Crippen molar-refractivity contribution in [3.05, 3.63) is 53.9 Å². The Balaban J connectivity index is 1.85. The average Bonchev–Trinajstić information content (AvgIpc) is 2.88. The minimum atomic E-state index is 0.579. The minimum Gasteiger partial charge on any atom is -0.487 e. The summed E-state index contributed by atoms with van der Waals surface area (Å²) >= 11 is 0. The lowest BCUT2D eigenvalue weighted by atomic mass is 10.1. The standard InChI is InChI=1S/C14H18N2O/c15-9-1-3-12-5-7-14(8-6-12)17-11-13-4-2-10-16-13/h2,4-8,10,16H,1,3,9,11,15H2. The van der Waals surface area contributed by atoms with Crippen LogP contribution in [0.15, 0.2) is 42.6 Å². The Kier molecular flexibility index (Phi) is 4.22. The Labute approximate surface area is 102 Å². The second kappa shape index (κ2) is 6.11. The van der Waals surface area contributed by atoms with Gasteiger partial charge in [0, 0.05) is 6.20 Å². The topological polar surface area (TPSA) is 51.0 Å². The van der Waals surface area contributed by atoms with Gasteiger partial charge in [-0.3, -0.25) is 0 Å². The van der Waals surface area contributed by atoms with Gasteiger partial charge in [-0.25, -0.2) is 0 Å². The van der Waals surface area contributed by atoms with Crippen molar-refractivity contribution < 1.29 is 4.74 Å². The lowest BCUT2D eigenvalue weighted by Crippen LogP contribution is -2.00. The summed E-state index contributed by atoms with van der Waals surface area (Å²) in [6.45, 7) is 1.32. The molecule has 3 N–H and O–H groups in total. The van der Waals surface area contributed by atoms with E-state index in [2.05, 4.69) is 17.1 Å². The second-order valence-corrected chi connectivity index (χ2v) is 4.02. The molecule has 1 aromatic heterocycles. The van der Waals surface area contributed by atoms with Crippen LogP contribution in [0, 0.1) is 0 Å². The molecule has 3 heteroatoms. The van der Waals surface area contributed by atoms with Crippen LogP contribution in [0.25, 0.3) is 0 Å². The van der Waals surface area contributed by atoms with Gasteiger partial charge in [-0.1, -0.05) is 12.1 Å². The Hall–Kier alpha value is -1.74. The van der Waals surface area contributed by atoms with E-state index in [1.807, 2.05) is 30.5 Å². The van der Waals surface area contributed by atoms with E-state index in [0.29, 0.717) is 6.61 Å². The van der Waals surface area contributed by atoms with Crippen LogP contribution >= 0.6 is 0 Å². The first-order valence-electron chi connectivity index (χ1n) is 5.92. The highest BCUT2D eigenvalue weighted by molar-refractivity contribution is 5.27. The number of nitrogens with one attached hydrogen (secondary N) is 1. The third kappa shape index (κ3) is 3.64. The third-order valence-corrected chi connectivity index (χ3v) is 2.65. The molecule has 2 aromatic rings. The van der Waals surface area contributed by atoms with Gasteiger partial charge >= 0.3 is 0 Å².